The number of aliphatic imine (C=N–C) groups is 1. The molecule has 1 aliphatic heterocycles. The molecule has 0 bridgehead atoms. The molecule has 2 N–H and O–H groups in total. The molecule has 2 aromatic rings. The molecule has 0 saturated carbocycles. The molecule has 2 aromatic carbocycles. The molecule has 5 nitrogen and oxygen atoms in total. The van der Waals surface area contributed by atoms with Gasteiger partial charge in [-0.1, -0.05) is 24.3 Å². The maximum absolute atomic E-state index is 14.1. The fourth-order valence-electron chi connectivity index (χ4n) is 3.50. The van der Waals surface area contributed by atoms with Gasteiger partial charge in [-0.3, -0.25) is 0 Å². The Balaban J connectivity index is 0.00000320. The van der Waals surface area contributed by atoms with Crippen molar-refractivity contribution < 1.29 is 13.5 Å². The third-order valence-corrected chi connectivity index (χ3v) is 4.85. The van der Waals surface area contributed by atoms with E-state index in [0.29, 0.717) is 31.9 Å². The lowest BCUT2D eigenvalue weighted by Crippen LogP contribution is -2.44. The van der Waals surface area contributed by atoms with Gasteiger partial charge in [0.15, 0.2) is 5.96 Å². The molecule has 1 atom stereocenters. The van der Waals surface area contributed by atoms with Gasteiger partial charge in [-0.25, -0.2) is 13.8 Å². The van der Waals surface area contributed by atoms with Crippen LogP contribution in [-0.4, -0.2) is 38.7 Å². The Morgan fingerprint density at radius 1 is 1.20 bits per heavy atom. The first-order valence-electron chi connectivity index (χ1n) is 9.90. The van der Waals surface area contributed by atoms with Crippen LogP contribution in [0.25, 0.3) is 0 Å². The van der Waals surface area contributed by atoms with E-state index in [2.05, 4.69) is 21.7 Å². The summed E-state index contributed by atoms with van der Waals surface area (Å²) in [5.41, 5.74) is 2.66. The Morgan fingerprint density at radius 2 is 2.00 bits per heavy atom. The molecular weight excluding hydrogens is 501 g/mol. The molecule has 0 aromatic heterocycles. The minimum atomic E-state index is -0.559. The molecular formula is C22H29F2IN4O. The largest absolute Gasteiger partial charge is 0.380 e. The summed E-state index contributed by atoms with van der Waals surface area (Å²) in [4.78, 5) is 6.62. The van der Waals surface area contributed by atoms with Gasteiger partial charge in [-0.05, 0) is 36.6 Å². The number of rotatable bonds is 7. The molecule has 0 aliphatic carbocycles. The van der Waals surface area contributed by atoms with Crippen molar-refractivity contribution in [2.45, 2.75) is 32.5 Å². The molecule has 0 amide bonds. The number of anilines is 1. The van der Waals surface area contributed by atoms with Crippen LogP contribution in [0.3, 0.4) is 0 Å². The molecule has 0 radical (unpaired) electrons. The lowest BCUT2D eigenvalue weighted by molar-refractivity contribution is 0.185. The van der Waals surface area contributed by atoms with Gasteiger partial charge in [0.1, 0.15) is 11.6 Å². The molecule has 1 fully saturated rings. The summed E-state index contributed by atoms with van der Waals surface area (Å²) in [5, 5.41) is 6.70. The number of hydrogen-bond acceptors (Lipinski definition) is 3. The number of guanidine groups is 1. The molecule has 0 spiro atoms. The lowest BCUT2D eigenvalue weighted by atomic mass is 10.1. The van der Waals surface area contributed by atoms with Gasteiger partial charge in [-0.2, -0.15) is 0 Å². The van der Waals surface area contributed by atoms with Crippen molar-refractivity contribution in [3.8, 4) is 0 Å². The summed E-state index contributed by atoms with van der Waals surface area (Å²) in [5.74, 6) is -0.352. The van der Waals surface area contributed by atoms with Crippen molar-refractivity contribution >= 4 is 35.6 Å². The quantitative estimate of drug-likeness (QED) is 0.322. The Morgan fingerprint density at radius 3 is 2.73 bits per heavy atom. The Labute approximate surface area is 193 Å². The molecule has 1 saturated heterocycles. The number of nitrogens with one attached hydrogen (secondary N) is 2. The van der Waals surface area contributed by atoms with Crippen LogP contribution in [0.1, 0.15) is 24.5 Å². The Bertz CT molecular complexity index is 850. The van der Waals surface area contributed by atoms with Crippen LogP contribution < -0.4 is 15.5 Å². The third kappa shape index (κ3) is 6.80. The predicted molar refractivity (Wildman–Crippen MR) is 127 cm³/mol. The fourth-order valence-corrected chi connectivity index (χ4v) is 3.50. The van der Waals surface area contributed by atoms with E-state index in [-0.39, 0.29) is 30.0 Å². The molecule has 164 valence electrons. The SMILES string of the molecule is CCNC(=NCc1cccc(COC)c1)NC1CCN(c2ccc(F)cc2F)C1.I. The number of ether oxygens (including phenoxy) is 1. The molecule has 30 heavy (non-hydrogen) atoms. The van der Waals surface area contributed by atoms with Crippen LogP contribution in [0.5, 0.6) is 0 Å². The van der Waals surface area contributed by atoms with Crippen LogP contribution in [0.4, 0.5) is 14.5 Å². The van der Waals surface area contributed by atoms with Crippen molar-refractivity contribution in [3.05, 3.63) is 65.2 Å². The number of halogens is 3. The van der Waals surface area contributed by atoms with Gasteiger partial charge in [0.05, 0.1) is 18.8 Å². The zero-order valence-corrected chi connectivity index (χ0v) is 19.7. The van der Waals surface area contributed by atoms with Gasteiger partial charge >= 0.3 is 0 Å². The third-order valence-electron chi connectivity index (χ3n) is 4.85. The zero-order valence-electron chi connectivity index (χ0n) is 17.3. The second-order valence-electron chi connectivity index (χ2n) is 7.12. The van der Waals surface area contributed by atoms with Crippen molar-refractivity contribution in [1.82, 2.24) is 10.6 Å². The van der Waals surface area contributed by atoms with Crippen molar-refractivity contribution in [2.24, 2.45) is 4.99 Å². The smallest absolute Gasteiger partial charge is 0.191 e. The number of hydrogen-bond donors (Lipinski definition) is 2. The lowest BCUT2D eigenvalue weighted by Gasteiger charge is -2.21. The van der Waals surface area contributed by atoms with Gasteiger partial charge in [0, 0.05) is 38.9 Å². The summed E-state index contributed by atoms with van der Waals surface area (Å²) in [7, 11) is 1.68. The van der Waals surface area contributed by atoms with Crippen LogP contribution >= 0.6 is 24.0 Å². The average Bonchev–Trinajstić information content (AvgIpc) is 3.15. The summed E-state index contributed by atoms with van der Waals surface area (Å²) in [6.45, 7) is 5.24. The highest BCUT2D eigenvalue weighted by Crippen LogP contribution is 2.24. The number of methoxy groups -OCH3 is 1. The highest BCUT2D eigenvalue weighted by molar-refractivity contribution is 14.0. The van der Waals surface area contributed by atoms with Gasteiger partial charge in [0.25, 0.3) is 0 Å². The van der Waals surface area contributed by atoms with E-state index >= 15 is 0 Å². The van der Waals surface area contributed by atoms with Crippen molar-refractivity contribution in [3.63, 3.8) is 0 Å². The van der Waals surface area contributed by atoms with Gasteiger partial charge < -0.3 is 20.3 Å². The van der Waals surface area contributed by atoms with E-state index < -0.39 is 11.6 Å². The van der Waals surface area contributed by atoms with Crippen LogP contribution in [-0.2, 0) is 17.9 Å². The fraction of sp³-hybridized carbons (Fsp3) is 0.409. The predicted octanol–water partition coefficient (Wildman–Crippen LogP) is 4.06. The molecule has 1 aliphatic rings. The minimum absolute atomic E-state index is 0. The van der Waals surface area contributed by atoms with E-state index in [1.165, 1.54) is 12.1 Å². The van der Waals surface area contributed by atoms with Crippen molar-refractivity contribution in [1.29, 1.82) is 0 Å². The zero-order chi connectivity index (χ0) is 20.6. The van der Waals surface area contributed by atoms with E-state index in [1.807, 2.05) is 30.0 Å². The van der Waals surface area contributed by atoms with E-state index in [9.17, 15) is 8.78 Å². The normalized spacial score (nSPS) is 16.3. The first-order chi connectivity index (χ1) is 14.1. The summed E-state index contributed by atoms with van der Waals surface area (Å²) in [6.07, 6.45) is 0.852. The number of nitrogens with zero attached hydrogens (tertiary/aromatic N) is 2. The molecule has 1 unspecified atom stereocenters. The Kier molecular flexibility index (Phi) is 9.77. The Hall–Kier alpha value is -1.94. The second-order valence-corrected chi connectivity index (χ2v) is 7.12. The monoisotopic (exact) mass is 530 g/mol. The van der Waals surface area contributed by atoms with E-state index in [4.69, 9.17) is 4.74 Å². The average molecular weight is 530 g/mol. The van der Waals surface area contributed by atoms with Crippen LogP contribution in [0, 0.1) is 11.6 Å². The van der Waals surface area contributed by atoms with Crippen LogP contribution in [0.2, 0.25) is 0 Å². The highest BCUT2D eigenvalue weighted by atomic mass is 127. The standard InChI is InChI=1S/C22H28F2N4O.HI/c1-3-25-22(26-13-16-5-4-6-17(11-16)15-29-2)27-19-9-10-28(14-19)21-8-7-18(23)12-20(21)24;/h4-8,11-12,19H,3,9-10,13-15H2,1-2H3,(H2,25,26,27);1H. The molecule has 1 heterocycles. The first kappa shape index (κ1) is 24.3. The van der Waals surface area contributed by atoms with Gasteiger partial charge in [0.2, 0.25) is 0 Å². The van der Waals surface area contributed by atoms with E-state index in [1.54, 1.807) is 7.11 Å². The van der Waals surface area contributed by atoms with Crippen molar-refractivity contribution in [2.75, 3.05) is 31.6 Å². The molecule has 8 heteroatoms. The first-order valence-corrected chi connectivity index (χ1v) is 9.90. The van der Waals surface area contributed by atoms with Crippen LogP contribution in [0.15, 0.2) is 47.5 Å². The number of benzene rings is 2. The summed E-state index contributed by atoms with van der Waals surface area (Å²) in [6, 6.07) is 12.0. The maximum atomic E-state index is 14.1. The minimum Gasteiger partial charge on any atom is -0.380 e. The molecule has 3 rings (SSSR count). The van der Waals surface area contributed by atoms with Gasteiger partial charge in [-0.15, -0.1) is 24.0 Å². The topological polar surface area (TPSA) is 48.9 Å². The van der Waals surface area contributed by atoms with E-state index in [0.717, 1.165) is 36.1 Å². The highest BCUT2D eigenvalue weighted by Gasteiger charge is 2.25. The maximum Gasteiger partial charge on any atom is 0.191 e. The second kappa shape index (κ2) is 12.0. The summed E-state index contributed by atoms with van der Waals surface area (Å²) < 4.78 is 32.4. The summed E-state index contributed by atoms with van der Waals surface area (Å²) >= 11 is 0.